The molecule has 264 valence electrons. The van der Waals surface area contributed by atoms with Crippen LogP contribution in [0, 0.1) is 6.92 Å². The molecule has 2 aromatic carbocycles. The van der Waals surface area contributed by atoms with Crippen LogP contribution in [0.3, 0.4) is 0 Å². The predicted octanol–water partition coefficient (Wildman–Crippen LogP) is 2.31. The molecule has 0 bridgehead atoms. The summed E-state index contributed by atoms with van der Waals surface area (Å²) in [6.07, 6.45) is 6.05. The molecule has 6 nitrogen and oxygen atoms in total. The maximum Gasteiger partial charge on any atom is 0.331 e. The standard InChI is InChI=1S/C37H56Br2N4O2.2BrH/c1-6-42(7-2,29-32-20-12-14-22-34(32)38)26-18-10-16-24-40-31(5)28-36(44)41(37(40)45)25-17-11-19-27-43(8-3,9-4)30-33-21-13-15-23-35(33)39;;/h12-15,20-23,28H,6-11,16-19,24-27,29-30H2,1-5H3;2*1H/q+2;;/p-2. The van der Waals surface area contributed by atoms with E-state index in [1.165, 1.54) is 24.6 Å². The normalized spacial score (nSPS) is 11.6. The van der Waals surface area contributed by atoms with Gasteiger partial charge in [-0.05, 0) is 85.3 Å². The van der Waals surface area contributed by atoms with Crippen LogP contribution in [0.15, 0.2) is 73.1 Å². The first-order valence-corrected chi connectivity index (χ1v) is 18.7. The lowest BCUT2D eigenvalue weighted by molar-refractivity contribution is -0.938. The Morgan fingerprint density at radius 2 is 1.00 bits per heavy atom. The van der Waals surface area contributed by atoms with Gasteiger partial charge in [0.2, 0.25) is 0 Å². The van der Waals surface area contributed by atoms with Crippen LogP contribution in [0.1, 0.15) is 83.0 Å². The number of unbranched alkanes of at least 4 members (excludes halogenated alkanes) is 4. The smallest absolute Gasteiger partial charge is 0.331 e. The van der Waals surface area contributed by atoms with Crippen LogP contribution in [-0.4, -0.2) is 57.4 Å². The van der Waals surface area contributed by atoms with Gasteiger partial charge in [-0.3, -0.25) is 13.9 Å². The Kier molecular flexibility index (Phi) is 20.5. The van der Waals surface area contributed by atoms with E-state index < -0.39 is 0 Å². The molecule has 0 amide bonds. The average Bonchev–Trinajstić information content (AvgIpc) is 3.04. The van der Waals surface area contributed by atoms with Crippen molar-refractivity contribution in [2.24, 2.45) is 0 Å². The van der Waals surface area contributed by atoms with E-state index in [9.17, 15) is 9.59 Å². The number of hydrogen-bond donors (Lipinski definition) is 0. The molecule has 3 aromatic rings. The fourth-order valence-electron chi connectivity index (χ4n) is 6.65. The van der Waals surface area contributed by atoms with Crippen LogP contribution in [0.25, 0.3) is 0 Å². The Labute approximate surface area is 321 Å². The van der Waals surface area contributed by atoms with E-state index in [4.69, 9.17) is 0 Å². The fraction of sp³-hybridized carbons (Fsp3) is 0.568. The van der Waals surface area contributed by atoms with Crippen LogP contribution in [0.2, 0.25) is 0 Å². The number of nitrogens with zero attached hydrogens (tertiary/aromatic N) is 4. The van der Waals surface area contributed by atoms with Gasteiger partial charge in [-0.1, -0.05) is 68.3 Å². The van der Waals surface area contributed by atoms with Crippen molar-refractivity contribution in [1.29, 1.82) is 0 Å². The van der Waals surface area contributed by atoms with Gasteiger partial charge in [-0.15, -0.1) is 0 Å². The van der Waals surface area contributed by atoms with Crippen molar-refractivity contribution in [3.63, 3.8) is 0 Å². The summed E-state index contributed by atoms with van der Waals surface area (Å²) in [5.74, 6) is 0. The van der Waals surface area contributed by atoms with Crippen molar-refractivity contribution in [2.45, 2.75) is 99.3 Å². The number of quaternary nitrogens is 2. The lowest BCUT2D eigenvalue weighted by Gasteiger charge is -2.37. The van der Waals surface area contributed by atoms with E-state index in [-0.39, 0.29) is 45.2 Å². The third kappa shape index (κ3) is 12.7. The maximum atomic E-state index is 13.4. The Morgan fingerprint density at radius 3 is 1.40 bits per heavy atom. The second-order valence-corrected chi connectivity index (χ2v) is 14.4. The summed E-state index contributed by atoms with van der Waals surface area (Å²) >= 11 is 7.46. The number of halogens is 4. The second kappa shape index (κ2) is 21.9. The molecule has 0 radical (unpaired) electrons. The number of benzene rings is 2. The molecule has 1 heterocycles. The van der Waals surface area contributed by atoms with E-state index in [0.29, 0.717) is 13.1 Å². The van der Waals surface area contributed by atoms with Crippen LogP contribution < -0.4 is 45.2 Å². The quantitative estimate of drug-likeness (QED) is 0.129. The van der Waals surface area contributed by atoms with Crippen LogP contribution in [0.5, 0.6) is 0 Å². The van der Waals surface area contributed by atoms with E-state index in [2.05, 4.69) is 108 Å². The Morgan fingerprint density at radius 1 is 0.596 bits per heavy atom. The number of hydrogen-bond acceptors (Lipinski definition) is 2. The van der Waals surface area contributed by atoms with Gasteiger partial charge in [0.05, 0.1) is 39.3 Å². The highest BCUT2D eigenvalue weighted by Crippen LogP contribution is 2.24. The highest BCUT2D eigenvalue weighted by molar-refractivity contribution is 9.10. The average molecular weight is 908 g/mol. The van der Waals surface area contributed by atoms with Gasteiger partial charge in [0, 0.05) is 44.9 Å². The molecule has 0 aliphatic carbocycles. The molecule has 0 fully saturated rings. The van der Waals surface area contributed by atoms with Gasteiger partial charge in [-0.25, -0.2) is 4.79 Å². The maximum absolute atomic E-state index is 13.4. The van der Waals surface area contributed by atoms with Crippen LogP contribution in [-0.2, 0) is 26.2 Å². The number of rotatable bonds is 20. The molecule has 0 saturated carbocycles. The molecule has 0 spiro atoms. The van der Waals surface area contributed by atoms with Crippen LogP contribution >= 0.6 is 31.9 Å². The molecule has 0 unspecified atom stereocenters. The Balaban J connectivity index is 0.00000552. The van der Waals surface area contributed by atoms with Crippen molar-refractivity contribution < 1.29 is 42.9 Å². The molecular formula is C37H56Br4N4O2. The van der Waals surface area contributed by atoms with Gasteiger partial charge in [0.1, 0.15) is 13.1 Å². The summed E-state index contributed by atoms with van der Waals surface area (Å²) in [6.45, 7) is 20.8. The third-order valence-corrected chi connectivity index (χ3v) is 11.7. The summed E-state index contributed by atoms with van der Waals surface area (Å²) < 4.78 is 7.74. The van der Waals surface area contributed by atoms with E-state index in [0.717, 1.165) is 106 Å². The first kappa shape index (κ1) is 44.0. The summed E-state index contributed by atoms with van der Waals surface area (Å²) in [4.78, 5) is 26.3. The molecule has 3 rings (SSSR count). The zero-order valence-corrected chi connectivity index (χ0v) is 35.5. The summed E-state index contributed by atoms with van der Waals surface area (Å²) in [5, 5.41) is 0. The van der Waals surface area contributed by atoms with E-state index in [1.807, 2.05) is 11.5 Å². The van der Waals surface area contributed by atoms with Crippen molar-refractivity contribution in [3.8, 4) is 0 Å². The first-order valence-electron chi connectivity index (χ1n) is 17.1. The lowest BCUT2D eigenvalue weighted by Crippen LogP contribution is -3.00. The van der Waals surface area contributed by atoms with Crippen molar-refractivity contribution in [3.05, 3.63) is 101 Å². The zero-order valence-electron chi connectivity index (χ0n) is 29.1. The van der Waals surface area contributed by atoms with Crippen LogP contribution in [0.4, 0.5) is 0 Å². The molecule has 1 aromatic heterocycles. The first-order chi connectivity index (χ1) is 21.6. The fourth-order valence-corrected chi connectivity index (χ4v) is 7.47. The van der Waals surface area contributed by atoms with Gasteiger partial charge in [0.25, 0.3) is 5.56 Å². The molecule has 0 atom stereocenters. The molecule has 0 aliphatic rings. The second-order valence-electron chi connectivity index (χ2n) is 12.7. The van der Waals surface area contributed by atoms with E-state index in [1.54, 1.807) is 6.07 Å². The molecule has 47 heavy (non-hydrogen) atoms. The molecule has 0 aliphatic heterocycles. The summed E-state index contributed by atoms with van der Waals surface area (Å²) in [5.41, 5.74) is 3.16. The van der Waals surface area contributed by atoms with Gasteiger partial charge >= 0.3 is 5.69 Å². The number of aromatic nitrogens is 2. The van der Waals surface area contributed by atoms with Gasteiger partial charge in [-0.2, -0.15) is 0 Å². The lowest BCUT2D eigenvalue weighted by atomic mass is 10.1. The highest BCUT2D eigenvalue weighted by Gasteiger charge is 2.25. The van der Waals surface area contributed by atoms with Crippen molar-refractivity contribution in [2.75, 3.05) is 39.3 Å². The highest BCUT2D eigenvalue weighted by atomic mass is 79.9. The molecule has 0 N–H and O–H groups in total. The van der Waals surface area contributed by atoms with Crippen molar-refractivity contribution >= 4 is 31.9 Å². The van der Waals surface area contributed by atoms with Gasteiger partial charge < -0.3 is 42.9 Å². The van der Waals surface area contributed by atoms with Gasteiger partial charge in [0.15, 0.2) is 0 Å². The molecular weight excluding hydrogens is 852 g/mol. The third-order valence-electron chi connectivity index (χ3n) is 10.1. The minimum atomic E-state index is -0.171. The summed E-state index contributed by atoms with van der Waals surface area (Å²) in [7, 11) is 0. The summed E-state index contributed by atoms with van der Waals surface area (Å²) in [6, 6.07) is 18.7. The largest absolute Gasteiger partial charge is 1.00 e. The minimum Gasteiger partial charge on any atom is -1.00 e. The molecule has 0 saturated heterocycles. The SMILES string of the molecule is CC[N+](CC)(CCCCCn1c(C)cc(=O)n(CCCCC[N+](CC)(CC)Cc2ccccc2Br)c1=O)Cc1ccccc1Br.[Br-].[Br-]. The minimum absolute atomic E-state index is 0. The zero-order chi connectivity index (χ0) is 32.9. The Hall–Kier alpha value is -1.04. The van der Waals surface area contributed by atoms with Crippen molar-refractivity contribution in [1.82, 2.24) is 9.13 Å². The monoisotopic (exact) mass is 904 g/mol. The predicted molar refractivity (Wildman–Crippen MR) is 196 cm³/mol. The van der Waals surface area contributed by atoms with E-state index >= 15 is 0 Å². The topological polar surface area (TPSA) is 44.0 Å². The molecule has 10 heteroatoms. The number of aryl methyl sites for hydroxylation is 1. The Bertz CT molecular complexity index is 1470.